The fourth-order valence-electron chi connectivity index (χ4n) is 4.15. The van der Waals surface area contributed by atoms with Crippen molar-refractivity contribution in [1.29, 1.82) is 0 Å². The van der Waals surface area contributed by atoms with Crippen LogP contribution in [0.2, 0.25) is 5.02 Å². The second-order valence-electron chi connectivity index (χ2n) is 9.54. The third-order valence-corrected chi connectivity index (χ3v) is 6.49. The molecule has 210 valence electrons. The van der Waals surface area contributed by atoms with E-state index in [9.17, 15) is 18.8 Å². The lowest BCUT2D eigenvalue weighted by molar-refractivity contribution is -0.125. The Morgan fingerprint density at radius 1 is 0.927 bits per heavy atom. The molecule has 7 nitrogen and oxygen atoms in total. The van der Waals surface area contributed by atoms with Gasteiger partial charge in [0.1, 0.15) is 17.6 Å². The smallest absolute Gasteiger partial charge is 0.252 e. The molecule has 1 atom stereocenters. The van der Waals surface area contributed by atoms with Crippen molar-refractivity contribution in [3.8, 4) is 0 Å². The van der Waals surface area contributed by atoms with Gasteiger partial charge >= 0.3 is 0 Å². The number of amides is 3. The van der Waals surface area contributed by atoms with Gasteiger partial charge in [0, 0.05) is 28.5 Å². The molecule has 4 rings (SSSR count). The summed E-state index contributed by atoms with van der Waals surface area (Å²) in [5.41, 5.74) is 2.29. The van der Waals surface area contributed by atoms with Crippen LogP contribution in [-0.4, -0.2) is 17.7 Å². The molecule has 0 saturated heterocycles. The zero-order valence-electron chi connectivity index (χ0n) is 22.5. The maximum Gasteiger partial charge on any atom is 0.252 e. The Balaban J connectivity index is 1.69. The summed E-state index contributed by atoms with van der Waals surface area (Å²) in [5.74, 6) is -1.44. The quantitative estimate of drug-likeness (QED) is 0.205. The zero-order chi connectivity index (χ0) is 29.4. The molecule has 0 fully saturated rings. The highest BCUT2D eigenvalue weighted by Gasteiger charge is 2.32. The number of anilines is 2. The van der Waals surface area contributed by atoms with E-state index in [0.717, 1.165) is 17.7 Å². The van der Waals surface area contributed by atoms with Crippen LogP contribution in [0.15, 0.2) is 108 Å². The predicted octanol–water partition coefficient (Wildman–Crippen LogP) is 6.78. The van der Waals surface area contributed by atoms with E-state index >= 15 is 0 Å². The lowest BCUT2D eigenvalue weighted by Crippen LogP contribution is -2.43. The lowest BCUT2D eigenvalue weighted by Gasteiger charge is -2.31. The first kappa shape index (κ1) is 29.3. The molecule has 3 amide bonds. The van der Waals surface area contributed by atoms with E-state index in [1.54, 1.807) is 48.5 Å². The Labute approximate surface area is 242 Å². The molecule has 2 N–H and O–H groups in total. The molecular formula is C32H29ClFN3O4. The van der Waals surface area contributed by atoms with Crippen molar-refractivity contribution in [2.45, 2.75) is 32.4 Å². The number of nitrogens with zero attached hydrogens (tertiary/aromatic N) is 1. The molecule has 1 heterocycles. The first-order valence-electron chi connectivity index (χ1n) is 12.9. The standard InChI is InChI=1S/C32H29ClFN3O4/c1-21(2)22-10-14-27(15-11-22)37(30(39)17-16-29(38)36-26-6-3-5-24(33)19-26)31(23-8-12-25(34)13-9-23)32(40)35-20-28-7-4-18-41-28/h3-19,21,31H,20H2,1-2H3,(H,35,40)(H,36,38). The van der Waals surface area contributed by atoms with Gasteiger partial charge in [0.25, 0.3) is 5.91 Å². The molecule has 0 aliphatic rings. The Morgan fingerprint density at radius 3 is 2.27 bits per heavy atom. The highest BCUT2D eigenvalue weighted by atomic mass is 35.5. The average Bonchev–Trinajstić information content (AvgIpc) is 3.48. The van der Waals surface area contributed by atoms with Gasteiger partial charge < -0.3 is 15.1 Å². The fraction of sp³-hybridized carbons (Fsp3) is 0.156. The highest BCUT2D eigenvalue weighted by molar-refractivity contribution is 6.31. The van der Waals surface area contributed by atoms with Crippen molar-refractivity contribution in [2.24, 2.45) is 0 Å². The Hall–Kier alpha value is -4.69. The number of carbonyl (C=O) groups is 3. The number of benzene rings is 3. The van der Waals surface area contributed by atoms with Gasteiger partial charge in [0.05, 0.1) is 12.8 Å². The molecule has 1 unspecified atom stereocenters. The molecule has 4 aromatic rings. The minimum atomic E-state index is -1.19. The van der Waals surface area contributed by atoms with Crippen LogP contribution in [0.5, 0.6) is 0 Å². The SMILES string of the molecule is CC(C)c1ccc(N(C(=O)C=CC(=O)Nc2cccc(Cl)c2)C(C(=O)NCc2ccco2)c2ccc(F)cc2)cc1. The molecule has 9 heteroatoms. The summed E-state index contributed by atoms with van der Waals surface area (Å²) >= 11 is 5.99. The van der Waals surface area contributed by atoms with Gasteiger partial charge in [-0.2, -0.15) is 0 Å². The highest BCUT2D eigenvalue weighted by Crippen LogP contribution is 2.30. The van der Waals surface area contributed by atoms with E-state index in [1.165, 1.54) is 35.4 Å². The molecule has 1 aromatic heterocycles. The second kappa shape index (κ2) is 13.6. The van der Waals surface area contributed by atoms with Crippen LogP contribution >= 0.6 is 11.6 Å². The number of rotatable bonds is 10. The Morgan fingerprint density at radius 2 is 1.63 bits per heavy atom. The number of furan rings is 1. The van der Waals surface area contributed by atoms with Gasteiger partial charge in [0.2, 0.25) is 11.8 Å². The number of carbonyl (C=O) groups excluding carboxylic acids is 3. The molecule has 3 aromatic carbocycles. The zero-order valence-corrected chi connectivity index (χ0v) is 23.3. The molecule has 0 saturated carbocycles. The summed E-state index contributed by atoms with van der Waals surface area (Å²) in [6, 6.07) is 21.4. The van der Waals surface area contributed by atoms with Crippen LogP contribution < -0.4 is 15.5 Å². The van der Waals surface area contributed by atoms with Crippen LogP contribution in [0.25, 0.3) is 0 Å². The topological polar surface area (TPSA) is 91.7 Å². The molecule has 41 heavy (non-hydrogen) atoms. The third kappa shape index (κ3) is 7.93. The van der Waals surface area contributed by atoms with E-state index in [1.807, 2.05) is 26.0 Å². The van der Waals surface area contributed by atoms with Crippen LogP contribution in [0.3, 0.4) is 0 Å². The van der Waals surface area contributed by atoms with Crippen LogP contribution in [0, 0.1) is 5.82 Å². The first-order chi connectivity index (χ1) is 19.7. The molecule has 0 aliphatic heterocycles. The molecule has 0 radical (unpaired) electrons. The largest absolute Gasteiger partial charge is 0.467 e. The Bertz CT molecular complexity index is 1520. The lowest BCUT2D eigenvalue weighted by atomic mass is 10.0. The summed E-state index contributed by atoms with van der Waals surface area (Å²) in [5, 5.41) is 5.90. The van der Waals surface area contributed by atoms with Gasteiger partial charge in [-0.25, -0.2) is 4.39 Å². The van der Waals surface area contributed by atoms with Crippen molar-refractivity contribution in [3.05, 3.63) is 131 Å². The van der Waals surface area contributed by atoms with Crippen molar-refractivity contribution in [1.82, 2.24) is 5.32 Å². The monoisotopic (exact) mass is 573 g/mol. The third-order valence-electron chi connectivity index (χ3n) is 6.25. The minimum absolute atomic E-state index is 0.0791. The minimum Gasteiger partial charge on any atom is -0.467 e. The van der Waals surface area contributed by atoms with Crippen molar-refractivity contribution >= 4 is 40.7 Å². The maximum absolute atomic E-state index is 13.8. The van der Waals surface area contributed by atoms with Crippen molar-refractivity contribution in [2.75, 3.05) is 10.2 Å². The van der Waals surface area contributed by atoms with E-state index in [0.29, 0.717) is 27.7 Å². The van der Waals surface area contributed by atoms with E-state index < -0.39 is 29.6 Å². The summed E-state index contributed by atoms with van der Waals surface area (Å²) in [6.07, 6.45) is 3.66. The predicted molar refractivity (Wildman–Crippen MR) is 157 cm³/mol. The Kier molecular flexibility index (Phi) is 9.71. The van der Waals surface area contributed by atoms with E-state index in [-0.39, 0.29) is 12.5 Å². The molecule has 0 spiro atoms. The average molecular weight is 574 g/mol. The van der Waals surface area contributed by atoms with E-state index in [4.69, 9.17) is 16.0 Å². The first-order valence-corrected chi connectivity index (χ1v) is 13.3. The van der Waals surface area contributed by atoms with Crippen LogP contribution in [0.1, 0.15) is 42.7 Å². The van der Waals surface area contributed by atoms with Gasteiger partial charge in [0.15, 0.2) is 0 Å². The van der Waals surface area contributed by atoms with Crippen LogP contribution in [-0.2, 0) is 20.9 Å². The number of hydrogen-bond donors (Lipinski definition) is 2. The normalized spacial score (nSPS) is 11.8. The van der Waals surface area contributed by atoms with Gasteiger partial charge in [-0.15, -0.1) is 0 Å². The molecule has 0 bridgehead atoms. The molecule has 0 aliphatic carbocycles. The van der Waals surface area contributed by atoms with Crippen molar-refractivity contribution in [3.63, 3.8) is 0 Å². The summed E-state index contributed by atoms with van der Waals surface area (Å²) in [4.78, 5) is 41.3. The fourth-order valence-corrected chi connectivity index (χ4v) is 4.34. The number of halogens is 2. The maximum atomic E-state index is 13.8. The second-order valence-corrected chi connectivity index (χ2v) is 9.98. The van der Waals surface area contributed by atoms with Crippen LogP contribution in [0.4, 0.5) is 15.8 Å². The number of nitrogens with one attached hydrogen (secondary N) is 2. The summed E-state index contributed by atoms with van der Waals surface area (Å²) in [7, 11) is 0. The summed E-state index contributed by atoms with van der Waals surface area (Å²) < 4.78 is 19.2. The van der Waals surface area contributed by atoms with E-state index in [2.05, 4.69) is 10.6 Å². The van der Waals surface area contributed by atoms with Gasteiger partial charge in [-0.3, -0.25) is 19.3 Å². The molecular weight excluding hydrogens is 545 g/mol. The van der Waals surface area contributed by atoms with Gasteiger partial charge in [-0.1, -0.05) is 55.8 Å². The summed E-state index contributed by atoms with van der Waals surface area (Å²) in [6.45, 7) is 4.17. The van der Waals surface area contributed by atoms with Gasteiger partial charge in [-0.05, 0) is 71.6 Å². The number of hydrogen-bond acceptors (Lipinski definition) is 4. The van der Waals surface area contributed by atoms with Crippen molar-refractivity contribution < 1.29 is 23.2 Å².